The van der Waals surface area contributed by atoms with E-state index in [4.69, 9.17) is 43.2 Å². The SMILES string of the molecule is O=C(O)c1ccc(Cl)c(Cc2cc3c(Cl)cc(Br)cc3n2-c2ccccc2)c1Cl.O=S=O. The van der Waals surface area contributed by atoms with E-state index in [9.17, 15) is 9.90 Å². The van der Waals surface area contributed by atoms with Crippen molar-refractivity contribution in [1.29, 1.82) is 0 Å². The molecule has 1 N–H and O–H groups in total. The molecule has 0 unspecified atom stereocenters. The van der Waals surface area contributed by atoms with E-state index >= 15 is 0 Å². The van der Waals surface area contributed by atoms with E-state index < -0.39 is 17.5 Å². The number of aromatic carboxylic acids is 1. The van der Waals surface area contributed by atoms with Crippen molar-refractivity contribution in [3.05, 3.63) is 97.0 Å². The van der Waals surface area contributed by atoms with E-state index in [1.165, 1.54) is 6.07 Å². The fraction of sp³-hybridized carbons (Fsp3) is 0.0455. The van der Waals surface area contributed by atoms with Gasteiger partial charge in [0.25, 0.3) is 0 Å². The molecule has 0 fully saturated rings. The average molecular weight is 574 g/mol. The van der Waals surface area contributed by atoms with Gasteiger partial charge in [-0.05, 0) is 48.0 Å². The number of hydrogen-bond acceptors (Lipinski definition) is 3. The van der Waals surface area contributed by atoms with E-state index in [0.29, 0.717) is 22.0 Å². The Labute approximate surface area is 210 Å². The smallest absolute Gasteiger partial charge is 0.337 e. The first-order chi connectivity index (χ1) is 15.3. The van der Waals surface area contributed by atoms with Crippen LogP contribution >= 0.6 is 50.7 Å². The Hall–Kier alpha value is -2.16. The van der Waals surface area contributed by atoms with Crippen LogP contribution in [0.5, 0.6) is 0 Å². The van der Waals surface area contributed by atoms with Gasteiger partial charge in [0.05, 0.1) is 21.1 Å². The molecular formula is C22H13BrCl3NO4S. The first-order valence-corrected chi connectivity index (χ1v) is 11.5. The van der Waals surface area contributed by atoms with E-state index in [1.54, 1.807) is 6.07 Å². The molecule has 164 valence electrons. The highest BCUT2D eigenvalue weighted by atomic mass is 79.9. The predicted octanol–water partition coefficient (Wildman–Crippen LogP) is 6.97. The van der Waals surface area contributed by atoms with Crippen molar-refractivity contribution in [2.24, 2.45) is 0 Å². The van der Waals surface area contributed by atoms with Gasteiger partial charge in [0.1, 0.15) is 0 Å². The summed E-state index contributed by atoms with van der Waals surface area (Å²) < 4.78 is 19.5. The fourth-order valence-corrected chi connectivity index (χ4v) is 4.83. The van der Waals surface area contributed by atoms with E-state index in [0.717, 1.165) is 26.8 Å². The van der Waals surface area contributed by atoms with Crippen LogP contribution in [0.3, 0.4) is 0 Å². The average Bonchev–Trinajstić information content (AvgIpc) is 3.10. The third-order valence-electron chi connectivity index (χ3n) is 4.70. The first-order valence-electron chi connectivity index (χ1n) is 8.95. The number of halogens is 4. The van der Waals surface area contributed by atoms with Crippen LogP contribution < -0.4 is 0 Å². The summed E-state index contributed by atoms with van der Waals surface area (Å²) in [5.74, 6) is -1.09. The highest BCUT2D eigenvalue weighted by molar-refractivity contribution is 9.10. The van der Waals surface area contributed by atoms with Gasteiger partial charge in [-0.15, -0.1) is 0 Å². The summed E-state index contributed by atoms with van der Waals surface area (Å²) in [5, 5.41) is 11.5. The quantitative estimate of drug-likeness (QED) is 0.286. The molecule has 0 aliphatic heterocycles. The lowest BCUT2D eigenvalue weighted by atomic mass is 10.1. The molecule has 4 aromatic rings. The van der Waals surface area contributed by atoms with Gasteiger partial charge in [-0.2, -0.15) is 8.42 Å². The van der Waals surface area contributed by atoms with E-state index in [-0.39, 0.29) is 10.6 Å². The van der Waals surface area contributed by atoms with Crippen molar-refractivity contribution < 1.29 is 18.3 Å². The number of nitrogens with zero attached hydrogens (tertiary/aromatic N) is 1. The molecule has 0 spiro atoms. The van der Waals surface area contributed by atoms with Crippen LogP contribution in [0.4, 0.5) is 0 Å². The first kappa shape index (κ1) is 24.5. The van der Waals surface area contributed by atoms with Crippen molar-refractivity contribution in [3.63, 3.8) is 0 Å². The Kier molecular flexibility index (Phi) is 8.14. The van der Waals surface area contributed by atoms with Crippen LogP contribution in [0, 0.1) is 0 Å². The number of rotatable bonds is 4. The summed E-state index contributed by atoms with van der Waals surface area (Å²) in [7, 11) is 0. The fourth-order valence-electron chi connectivity index (χ4n) is 3.40. The predicted molar refractivity (Wildman–Crippen MR) is 131 cm³/mol. The Morgan fingerprint density at radius 3 is 2.25 bits per heavy atom. The van der Waals surface area contributed by atoms with Gasteiger partial charge in [-0.25, -0.2) is 4.79 Å². The summed E-state index contributed by atoms with van der Waals surface area (Å²) in [6.45, 7) is 0. The molecule has 0 amide bonds. The van der Waals surface area contributed by atoms with Crippen LogP contribution in [0.15, 0.2) is 65.1 Å². The lowest BCUT2D eigenvalue weighted by Crippen LogP contribution is -2.05. The maximum Gasteiger partial charge on any atom is 0.337 e. The standard InChI is InChI=1S/C22H13BrCl3NO2.O2S/c23-12-8-19(25)16-10-14(27(20(16)9-12)13-4-2-1-3-5-13)11-17-18(24)7-6-15(21(17)26)22(28)29;1-3-2/h1-10H,11H2,(H,28,29);. The molecule has 0 radical (unpaired) electrons. The van der Waals surface area contributed by atoms with Gasteiger partial charge >= 0.3 is 17.5 Å². The summed E-state index contributed by atoms with van der Waals surface area (Å²) in [4.78, 5) is 11.5. The lowest BCUT2D eigenvalue weighted by molar-refractivity contribution is 0.0697. The Morgan fingerprint density at radius 2 is 1.62 bits per heavy atom. The number of carbonyl (C=O) groups is 1. The summed E-state index contributed by atoms with van der Waals surface area (Å²) >= 11 is 22.0. The maximum atomic E-state index is 11.5. The van der Waals surface area contributed by atoms with Crippen molar-refractivity contribution in [3.8, 4) is 5.69 Å². The van der Waals surface area contributed by atoms with Crippen LogP contribution in [0.25, 0.3) is 16.6 Å². The number of aromatic nitrogens is 1. The van der Waals surface area contributed by atoms with Gasteiger partial charge in [0.2, 0.25) is 0 Å². The van der Waals surface area contributed by atoms with Crippen LogP contribution in [0.1, 0.15) is 21.6 Å². The number of benzene rings is 3. The lowest BCUT2D eigenvalue weighted by Gasteiger charge is -2.14. The topological polar surface area (TPSA) is 76.4 Å². The Bertz CT molecular complexity index is 1350. The zero-order valence-electron chi connectivity index (χ0n) is 16.0. The highest BCUT2D eigenvalue weighted by Gasteiger charge is 2.20. The molecule has 32 heavy (non-hydrogen) atoms. The molecule has 0 atom stereocenters. The Balaban J connectivity index is 0.000000913. The van der Waals surface area contributed by atoms with Crippen LogP contribution in [-0.2, 0) is 18.0 Å². The molecule has 0 aliphatic carbocycles. The van der Waals surface area contributed by atoms with Gasteiger partial charge in [-0.1, -0.05) is 68.9 Å². The second kappa shape index (κ2) is 10.6. The summed E-state index contributed by atoms with van der Waals surface area (Å²) in [6, 6.07) is 18.6. The third-order valence-corrected chi connectivity index (χ3v) is 6.26. The Morgan fingerprint density at radius 1 is 0.969 bits per heavy atom. The van der Waals surface area contributed by atoms with E-state index in [1.807, 2.05) is 48.5 Å². The van der Waals surface area contributed by atoms with Crippen molar-refractivity contribution >= 4 is 79.2 Å². The molecule has 4 rings (SSSR count). The monoisotopic (exact) mass is 571 g/mol. The minimum Gasteiger partial charge on any atom is -0.478 e. The molecule has 1 heterocycles. The number of fused-ring (bicyclic) bond motifs is 1. The second-order valence-corrected chi connectivity index (χ2v) is 8.81. The van der Waals surface area contributed by atoms with Gasteiger partial charge < -0.3 is 9.67 Å². The van der Waals surface area contributed by atoms with Crippen molar-refractivity contribution in [2.75, 3.05) is 0 Å². The van der Waals surface area contributed by atoms with E-state index in [2.05, 4.69) is 20.5 Å². The molecular weight excluding hydrogens is 561 g/mol. The molecule has 3 aromatic carbocycles. The molecule has 0 saturated heterocycles. The molecule has 0 aliphatic rings. The molecule has 1 aromatic heterocycles. The van der Waals surface area contributed by atoms with Crippen molar-refractivity contribution in [1.82, 2.24) is 4.57 Å². The summed E-state index contributed by atoms with van der Waals surface area (Å²) in [6.07, 6.45) is 0.344. The van der Waals surface area contributed by atoms with Gasteiger partial charge in [0.15, 0.2) is 0 Å². The second-order valence-electron chi connectivity index (χ2n) is 6.56. The van der Waals surface area contributed by atoms with Gasteiger partial charge in [-0.3, -0.25) is 0 Å². The number of carboxylic acids is 1. The highest BCUT2D eigenvalue weighted by Crippen LogP contribution is 2.36. The van der Waals surface area contributed by atoms with Gasteiger partial charge in [0, 0.05) is 32.7 Å². The number of hydrogen-bond donors (Lipinski definition) is 1. The van der Waals surface area contributed by atoms with Crippen LogP contribution in [-0.4, -0.2) is 24.1 Å². The zero-order chi connectivity index (χ0) is 23.4. The largest absolute Gasteiger partial charge is 0.478 e. The molecule has 5 nitrogen and oxygen atoms in total. The third kappa shape index (κ3) is 5.08. The molecule has 0 bridgehead atoms. The number of carboxylic acid groups (broad SMARTS) is 1. The minimum atomic E-state index is -1.09. The number of para-hydroxylation sites is 1. The normalized spacial score (nSPS) is 10.5. The van der Waals surface area contributed by atoms with Crippen LogP contribution in [0.2, 0.25) is 15.1 Å². The molecule has 10 heteroatoms. The zero-order valence-corrected chi connectivity index (χ0v) is 20.7. The maximum absolute atomic E-state index is 11.5. The summed E-state index contributed by atoms with van der Waals surface area (Å²) in [5.41, 5.74) is 3.34. The minimum absolute atomic E-state index is 0.0224. The van der Waals surface area contributed by atoms with Crippen molar-refractivity contribution in [2.45, 2.75) is 6.42 Å². The molecule has 0 saturated carbocycles.